The molecule has 0 atom stereocenters. The van der Waals surface area contributed by atoms with Crippen LogP contribution >= 0.6 is 0 Å². The van der Waals surface area contributed by atoms with Crippen LogP contribution in [0.15, 0.2) is 24.3 Å². The molecule has 0 amide bonds. The maximum absolute atomic E-state index is 12.9. The molecule has 3 nitrogen and oxygen atoms in total. The Morgan fingerprint density at radius 2 is 1.95 bits per heavy atom. The van der Waals surface area contributed by atoms with Crippen molar-refractivity contribution in [1.29, 1.82) is 0 Å². The van der Waals surface area contributed by atoms with Crippen LogP contribution in [0.3, 0.4) is 0 Å². The zero-order chi connectivity index (χ0) is 14.3. The molecule has 1 fully saturated rings. The van der Waals surface area contributed by atoms with Gasteiger partial charge in [0.05, 0.1) is 11.3 Å². The first-order valence-corrected chi connectivity index (χ1v) is 7.23. The van der Waals surface area contributed by atoms with Crippen molar-refractivity contribution in [3.8, 4) is 0 Å². The first-order valence-electron chi connectivity index (χ1n) is 7.23. The fraction of sp³-hybridized carbons (Fsp3) is 0.412. The zero-order valence-electron chi connectivity index (χ0n) is 12.3. The molecular formula is C17H20N2O. The van der Waals surface area contributed by atoms with Gasteiger partial charge in [0.2, 0.25) is 0 Å². The second-order valence-electron chi connectivity index (χ2n) is 5.71. The Labute approximate surface area is 119 Å². The van der Waals surface area contributed by atoms with Gasteiger partial charge in [0.15, 0.2) is 5.78 Å². The smallest absolute Gasteiger partial charge is 0.197 e. The third-order valence-corrected chi connectivity index (χ3v) is 4.49. The SMILES string of the molecule is Cc1nn(C)c(C)c1C(=O)c1ccccc1C1CCC1. The summed E-state index contributed by atoms with van der Waals surface area (Å²) in [4.78, 5) is 12.9. The van der Waals surface area contributed by atoms with E-state index in [1.165, 1.54) is 24.8 Å². The van der Waals surface area contributed by atoms with Gasteiger partial charge in [-0.1, -0.05) is 30.7 Å². The summed E-state index contributed by atoms with van der Waals surface area (Å²) >= 11 is 0. The molecule has 0 bridgehead atoms. The van der Waals surface area contributed by atoms with Crippen molar-refractivity contribution in [2.24, 2.45) is 7.05 Å². The molecule has 1 aliphatic carbocycles. The van der Waals surface area contributed by atoms with Crippen LogP contribution in [-0.4, -0.2) is 15.6 Å². The highest BCUT2D eigenvalue weighted by Gasteiger charge is 2.26. The molecule has 0 unspecified atom stereocenters. The second-order valence-corrected chi connectivity index (χ2v) is 5.71. The van der Waals surface area contributed by atoms with Crippen molar-refractivity contribution >= 4 is 5.78 Å². The standard InChI is InChI=1S/C17H20N2O/c1-11-16(12(2)19(3)18-11)17(20)15-10-5-4-9-14(15)13-7-6-8-13/h4-5,9-10,13H,6-8H2,1-3H3. The van der Waals surface area contributed by atoms with Gasteiger partial charge < -0.3 is 0 Å². The number of aromatic nitrogens is 2. The van der Waals surface area contributed by atoms with Crippen molar-refractivity contribution < 1.29 is 4.79 Å². The normalized spacial score (nSPS) is 15.2. The van der Waals surface area contributed by atoms with E-state index >= 15 is 0 Å². The molecule has 0 spiro atoms. The van der Waals surface area contributed by atoms with Crippen LogP contribution in [0, 0.1) is 13.8 Å². The number of carbonyl (C=O) groups excluding carboxylic acids is 1. The largest absolute Gasteiger partial charge is 0.288 e. The van der Waals surface area contributed by atoms with Gasteiger partial charge in [0.25, 0.3) is 0 Å². The average Bonchev–Trinajstić information content (AvgIpc) is 2.61. The quantitative estimate of drug-likeness (QED) is 0.798. The summed E-state index contributed by atoms with van der Waals surface area (Å²) in [6.07, 6.45) is 3.68. The summed E-state index contributed by atoms with van der Waals surface area (Å²) in [7, 11) is 1.89. The zero-order valence-corrected chi connectivity index (χ0v) is 12.3. The van der Waals surface area contributed by atoms with E-state index in [2.05, 4.69) is 11.2 Å². The number of benzene rings is 1. The van der Waals surface area contributed by atoms with Crippen LogP contribution in [-0.2, 0) is 7.05 Å². The van der Waals surface area contributed by atoms with Crippen LogP contribution in [0.25, 0.3) is 0 Å². The topological polar surface area (TPSA) is 34.9 Å². The molecule has 0 saturated heterocycles. The summed E-state index contributed by atoms with van der Waals surface area (Å²) in [6.45, 7) is 3.87. The van der Waals surface area contributed by atoms with Crippen LogP contribution in [0.1, 0.15) is 58.1 Å². The number of rotatable bonds is 3. The predicted molar refractivity (Wildman–Crippen MR) is 79.1 cm³/mol. The minimum absolute atomic E-state index is 0.121. The van der Waals surface area contributed by atoms with E-state index in [1.54, 1.807) is 4.68 Å². The highest BCUT2D eigenvalue weighted by atomic mass is 16.1. The van der Waals surface area contributed by atoms with Crippen molar-refractivity contribution in [2.45, 2.75) is 39.0 Å². The van der Waals surface area contributed by atoms with Gasteiger partial charge >= 0.3 is 0 Å². The molecule has 0 aliphatic heterocycles. The molecule has 104 valence electrons. The summed E-state index contributed by atoms with van der Waals surface area (Å²) < 4.78 is 1.79. The molecular weight excluding hydrogens is 248 g/mol. The van der Waals surface area contributed by atoms with Gasteiger partial charge in [-0.05, 0) is 38.2 Å². The minimum Gasteiger partial charge on any atom is -0.288 e. The number of carbonyl (C=O) groups is 1. The molecule has 1 heterocycles. The highest BCUT2D eigenvalue weighted by Crippen LogP contribution is 2.38. The molecule has 1 aromatic carbocycles. The van der Waals surface area contributed by atoms with Gasteiger partial charge in [0, 0.05) is 18.3 Å². The predicted octanol–water partition coefficient (Wildman–Crippen LogP) is 3.54. The Balaban J connectivity index is 2.06. The van der Waals surface area contributed by atoms with Gasteiger partial charge in [-0.15, -0.1) is 0 Å². The Morgan fingerprint density at radius 1 is 1.25 bits per heavy atom. The lowest BCUT2D eigenvalue weighted by Gasteiger charge is -2.27. The molecule has 2 aromatic rings. The van der Waals surface area contributed by atoms with Crippen LogP contribution in [0.5, 0.6) is 0 Å². The molecule has 0 radical (unpaired) electrons. The number of hydrogen-bond acceptors (Lipinski definition) is 2. The minimum atomic E-state index is 0.121. The van der Waals surface area contributed by atoms with E-state index < -0.39 is 0 Å². The van der Waals surface area contributed by atoms with E-state index in [0.29, 0.717) is 5.92 Å². The first-order chi connectivity index (χ1) is 9.59. The molecule has 1 saturated carbocycles. The number of ketones is 1. The highest BCUT2D eigenvalue weighted by molar-refractivity contribution is 6.11. The third-order valence-electron chi connectivity index (χ3n) is 4.49. The van der Waals surface area contributed by atoms with Crippen LogP contribution < -0.4 is 0 Å². The van der Waals surface area contributed by atoms with Crippen molar-refractivity contribution in [3.63, 3.8) is 0 Å². The van der Waals surface area contributed by atoms with Gasteiger partial charge in [-0.3, -0.25) is 9.48 Å². The average molecular weight is 268 g/mol. The second kappa shape index (κ2) is 4.89. The van der Waals surface area contributed by atoms with Crippen molar-refractivity contribution in [1.82, 2.24) is 9.78 Å². The maximum atomic E-state index is 12.9. The lowest BCUT2D eigenvalue weighted by Crippen LogP contribution is -2.15. The first kappa shape index (κ1) is 13.1. The Bertz CT molecular complexity index is 666. The Kier molecular flexibility index (Phi) is 3.20. The Hall–Kier alpha value is -1.90. The molecule has 1 aromatic heterocycles. The maximum Gasteiger partial charge on any atom is 0.197 e. The summed E-state index contributed by atoms with van der Waals surface area (Å²) in [5.74, 6) is 0.683. The molecule has 3 rings (SSSR count). The lowest BCUT2D eigenvalue weighted by molar-refractivity contribution is 0.103. The lowest BCUT2D eigenvalue weighted by atomic mass is 9.77. The van der Waals surface area contributed by atoms with Crippen molar-refractivity contribution in [2.75, 3.05) is 0 Å². The fourth-order valence-electron chi connectivity index (χ4n) is 3.02. The van der Waals surface area contributed by atoms with Gasteiger partial charge in [-0.25, -0.2) is 0 Å². The monoisotopic (exact) mass is 268 g/mol. The van der Waals surface area contributed by atoms with Gasteiger partial charge in [0.1, 0.15) is 0 Å². The van der Waals surface area contributed by atoms with Crippen LogP contribution in [0.4, 0.5) is 0 Å². The molecule has 0 N–H and O–H groups in total. The third kappa shape index (κ3) is 1.98. The number of nitrogens with zero attached hydrogens (tertiary/aromatic N) is 2. The van der Waals surface area contributed by atoms with Crippen LogP contribution in [0.2, 0.25) is 0 Å². The van der Waals surface area contributed by atoms with E-state index in [0.717, 1.165) is 22.5 Å². The van der Waals surface area contributed by atoms with E-state index in [4.69, 9.17) is 0 Å². The number of aryl methyl sites for hydroxylation is 2. The molecule has 20 heavy (non-hydrogen) atoms. The molecule has 3 heteroatoms. The van der Waals surface area contributed by atoms with E-state index in [-0.39, 0.29) is 5.78 Å². The summed E-state index contributed by atoms with van der Waals surface area (Å²) in [6, 6.07) is 8.06. The van der Waals surface area contributed by atoms with E-state index in [9.17, 15) is 4.79 Å². The van der Waals surface area contributed by atoms with Gasteiger partial charge in [-0.2, -0.15) is 5.10 Å². The number of hydrogen-bond donors (Lipinski definition) is 0. The Morgan fingerprint density at radius 3 is 2.50 bits per heavy atom. The molecule has 1 aliphatic rings. The van der Waals surface area contributed by atoms with E-state index in [1.807, 2.05) is 39.1 Å². The van der Waals surface area contributed by atoms with Crippen molar-refractivity contribution in [3.05, 3.63) is 52.3 Å². The fourth-order valence-corrected chi connectivity index (χ4v) is 3.02. The summed E-state index contributed by atoms with van der Waals surface area (Å²) in [5, 5.41) is 4.36. The summed E-state index contributed by atoms with van der Waals surface area (Å²) in [5.41, 5.74) is 4.59.